The highest BCUT2D eigenvalue weighted by atomic mass is 35.5. The summed E-state index contributed by atoms with van der Waals surface area (Å²) in [5.41, 5.74) is 2.16. The average molecular weight is 364 g/mol. The third-order valence-corrected chi connectivity index (χ3v) is 4.73. The van der Waals surface area contributed by atoms with Crippen LogP contribution in [0.5, 0.6) is 0 Å². The molecule has 126 valence electrons. The molecular weight excluding hydrogens is 345 g/mol. The molecule has 0 radical (unpaired) electrons. The zero-order valence-electron chi connectivity index (χ0n) is 13.2. The molecule has 1 N–H and O–H groups in total. The van der Waals surface area contributed by atoms with Crippen LogP contribution in [0.1, 0.15) is 5.56 Å². The molecule has 0 unspecified atom stereocenters. The summed E-state index contributed by atoms with van der Waals surface area (Å²) in [6.45, 7) is 4.13. The first-order valence-electron chi connectivity index (χ1n) is 7.89. The van der Waals surface area contributed by atoms with Gasteiger partial charge in [-0.25, -0.2) is 4.39 Å². The molecule has 24 heavy (non-hydrogen) atoms. The molecule has 1 fully saturated rings. The minimum Gasteiger partial charge on any atom is -0.368 e. The number of nitrogens with one attached hydrogen (secondary N) is 1. The van der Waals surface area contributed by atoms with Gasteiger partial charge in [0.25, 0.3) is 0 Å². The van der Waals surface area contributed by atoms with Crippen LogP contribution in [0.15, 0.2) is 48.5 Å². The number of rotatable bonds is 3. The van der Waals surface area contributed by atoms with E-state index < -0.39 is 0 Å². The summed E-state index contributed by atoms with van der Waals surface area (Å²) in [5, 5.41) is 4.74. The summed E-state index contributed by atoms with van der Waals surface area (Å²) < 4.78 is 12.9. The Labute approximate surface area is 152 Å². The van der Waals surface area contributed by atoms with Gasteiger partial charge in [0.1, 0.15) is 5.82 Å². The van der Waals surface area contributed by atoms with E-state index >= 15 is 0 Å². The maximum atomic E-state index is 12.9. The lowest BCUT2D eigenvalue weighted by Crippen LogP contribution is -2.51. The van der Waals surface area contributed by atoms with Crippen molar-refractivity contribution in [3.05, 3.63) is 64.9 Å². The van der Waals surface area contributed by atoms with E-state index in [0.29, 0.717) is 6.54 Å². The predicted octanol–water partition coefficient (Wildman–Crippen LogP) is 3.68. The van der Waals surface area contributed by atoms with Crippen molar-refractivity contribution >= 4 is 34.6 Å². The van der Waals surface area contributed by atoms with Gasteiger partial charge in [-0.3, -0.25) is 0 Å². The van der Waals surface area contributed by atoms with Crippen molar-refractivity contribution in [2.45, 2.75) is 6.54 Å². The van der Waals surface area contributed by atoms with Crippen molar-refractivity contribution in [1.82, 2.24) is 10.2 Å². The van der Waals surface area contributed by atoms with Gasteiger partial charge in [0.2, 0.25) is 0 Å². The predicted molar refractivity (Wildman–Crippen MR) is 101 cm³/mol. The van der Waals surface area contributed by atoms with Gasteiger partial charge in [-0.2, -0.15) is 0 Å². The number of hydrogen-bond acceptors (Lipinski definition) is 2. The topological polar surface area (TPSA) is 18.5 Å². The Bertz CT molecular complexity index is 700. The maximum absolute atomic E-state index is 12.9. The number of nitrogens with zero attached hydrogens (tertiary/aromatic N) is 2. The normalized spacial score (nSPS) is 14.6. The summed E-state index contributed by atoms with van der Waals surface area (Å²) in [6, 6.07) is 14.4. The molecule has 0 spiro atoms. The molecule has 0 atom stereocenters. The summed E-state index contributed by atoms with van der Waals surface area (Å²) >= 11 is 11.5. The summed E-state index contributed by atoms with van der Waals surface area (Å²) in [6.07, 6.45) is 0. The Hall–Kier alpha value is -1.85. The molecule has 0 saturated carbocycles. The van der Waals surface area contributed by atoms with Gasteiger partial charge >= 0.3 is 0 Å². The summed E-state index contributed by atoms with van der Waals surface area (Å²) in [7, 11) is 0. The van der Waals surface area contributed by atoms with Gasteiger partial charge < -0.3 is 15.1 Å². The third kappa shape index (κ3) is 4.36. The van der Waals surface area contributed by atoms with Crippen LogP contribution in [0.25, 0.3) is 0 Å². The van der Waals surface area contributed by atoms with Crippen LogP contribution in [0.3, 0.4) is 0 Å². The lowest BCUT2D eigenvalue weighted by molar-refractivity contribution is 0.380. The van der Waals surface area contributed by atoms with Crippen molar-refractivity contribution in [3.8, 4) is 0 Å². The van der Waals surface area contributed by atoms with Crippen LogP contribution in [0.4, 0.5) is 10.1 Å². The number of hydrogen-bond donors (Lipinski definition) is 1. The highest BCUT2D eigenvalue weighted by Gasteiger charge is 2.19. The van der Waals surface area contributed by atoms with E-state index in [-0.39, 0.29) is 5.82 Å². The molecule has 0 aliphatic carbocycles. The Kier molecular flexibility index (Phi) is 5.53. The highest BCUT2D eigenvalue weighted by Crippen LogP contribution is 2.20. The molecule has 0 amide bonds. The average Bonchev–Trinajstić information content (AvgIpc) is 2.61. The fourth-order valence-electron chi connectivity index (χ4n) is 2.73. The van der Waals surface area contributed by atoms with E-state index in [4.69, 9.17) is 23.8 Å². The molecule has 2 aromatic rings. The van der Waals surface area contributed by atoms with Crippen molar-refractivity contribution in [2.24, 2.45) is 0 Å². The molecule has 0 aromatic heterocycles. The molecule has 1 aliphatic heterocycles. The van der Waals surface area contributed by atoms with Crippen LogP contribution in [-0.2, 0) is 6.54 Å². The molecule has 1 aliphatic rings. The van der Waals surface area contributed by atoms with Crippen molar-refractivity contribution in [2.75, 3.05) is 31.1 Å². The van der Waals surface area contributed by atoms with Crippen molar-refractivity contribution in [1.29, 1.82) is 0 Å². The molecule has 3 nitrogen and oxygen atoms in total. The minimum absolute atomic E-state index is 0.224. The lowest BCUT2D eigenvalue weighted by Gasteiger charge is -2.37. The first-order valence-corrected chi connectivity index (χ1v) is 8.68. The Morgan fingerprint density at radius 3 is 2.46 bits per heavy atom. The van der Waals surface area contributed by atoms with Gasteiger partial charge in [-0.1, -0.05) is 29.8 Å². The number of halogens is 2. The molecule has 1 saturated heterocycles. The van der Waals surface area contributed by atoms with E-state index in [9.17, 15) is 4.39 Å². The van der Waals surface area contributed by atoms with Crippen molar-refractivity contribution < 1.29 is 4.39 Å². The largest absolute Gasteiger partial charge is 0.368 e. The number of benzene rings is 2. The molecular formula is C18H19ClFN3S. The number of thiocarbonyl (C=S) groups is 1. The van der Waals surface area contributed by atoms with Gasteiger partial charge in [0.15, 0.2) is 5.11 Å². The SMILES string of the molecule is Fc1ccc(CNC(=S)N2CCN(c3cccc(Cl)c3)CC2)cc1. The Balaban J connectivity index is 1.49. The van der Waals surface area contributed by atoms with E-state index in [2.05, 4.69) is 21.2 Å². The first kappa shape index (κ1) is 17.0. The van der Waals surface area contributed by atoms with Crippen LogP contribution in [0.2, 0.25) is 5.02 Å². The smallest absolute Gasteiger partial charge is 0.169 e. The Morgan fingerprint density at radius 2 is 1.79 bits per heavy atom. The lowest BCUT2D eigenvalue weighted by atomic mass is 10.2. The number of anilines is 1. The van der Waals surface area contributed by atoms with Gasteiger partial charge in [0.05, 0.1) is 0 Å². The molecule has 2 aromatic carbocycles. The number of piperazine rings is 1. The zero-order valence-corrected chi connectivity index (χ0v) is 14.8. The summed E-state index contributed by atoms with van der Waals surface area (Å²) in [4.78, 5) is 4.48. The monoisotopic (exact) mass is 363 g/mol. The van der Waals surface area contributed by atoms with E-state index in [1.165, 1.54) is 12.1 Å². The van der Waals surface area contributed by atoms with E-state index in [1.54, 1.807) is 12.1 Å². The summed E-state index contributed by atoms with van der Waals surface area (Å²) in [5.74, 6) is -0.224. The van der Waals surface area contributed by atoms with E-state index in [1.807, 2.05) is 18.2 Å². The molecule has 0 bridgehead atoms. The molecule has 6 heteroatoms. The van der Waals surface area contributed by atoms with Crippen molar-refractivity contribution in [3.63, 3.8) is 0 Å². The van der Waals surface area contributed by atoms with Gasteiger partial charge in [-0.15, -0.1) is 0 Å². The van der Waals surface area contributed by atoms with Gasteiger partial charge in [0, 0.05) is 43.4 Å². The fraction of sp³-hybridized carbons (Fsp3) is 0.278. The minimum atomic E-state index is -0.224. The Morgan fingerprint density at radius 1 is 1.08 bits per heavy atom. The zero-order chi connectivity index (χ0) is 16.9. The second-order valence-electron chi connectivity index (χ2n) is 5.74. The first-order chi connectivity index (χ1) is 11.6. The van der Waals surface area contributed by atoms with Gasteiger partial charge in [-0.05, 0) is 48.1 Å². The highest BCUT2D eigenvalue weighted by molar-refractivity contribution is 7.80. The quantitative estimate of drug-likeness (QED) is 0.838. The standard InChI is InChI=1S/C18H19ClFN3S/c19-15-2-1-3-17(12-15)22-8-10-23(11-9-22)18(24)21-13-14-4-6-16(20)7-5-14/h1-7,12H,8-11,13H2,(H,21,24). The molecule has 1 heterocycles. The van der Waals surface area contributed by atoms with Crippen LogP contribution in [-0.4, -0.2) is 36.2 Å². The molecule has 3 rings (SSSR count). The second-order valence-corrected chi connectivity index (χ2v) is 6.56. The van der Waals surface area contributed by atoms with Crippen LogP contribution in [0, 0.1) is 5.82 Å². The fourth-order valence-corrected chi connectivity index (χ4v) is 3.17. The maximum Gasteiger partial charge on any atom is 0.169 e. The van der Waals surface area contributed by atoms with E-state index in [0.717, 1.165) is 47.6 Å². The van der Waals surface area contributed by atoms with Crippen LogP contribution >= 0.6 is 23.8 Å². The van der Waals surface area contributed by atoms with Crippen LogP contribution < -0.4 is 10.2 Å². The second kappa shape index (κ2) is 7.81. The third-order valence-electron chi connectivity index (χ3n) is 4.10.